The smallest absolute Gasteiger partial charge is 0.306 e. The largest absolute Gasteiger partial charge is 0.462 e. The predicted octanol–water partition coefficient (Wildman–Crippen LogP) is 19.8. The minimum atomic E-state index is -0.784. The van der Waals surface area contributed by atoms with E-state index in [9.17, 15) is 14.4 Å². The molecule has 0 aromatic carbocycles. The van der Waals surface area contributed by atoms with Crippen LogP contribution in [0.2, 0.25) is 0 Å². The van der Waals surface area contributed by atoms with E-state index in [2.05, 4.69) is 69.4 Å². The SMILES string of the molecule is CC\C=C/C=C\C=C/CCCCCCCC(=O)OCC(COC(=O)CCCCCCCCCCCCCCCCCCCCC)OC(=O)CCCCCCC/C=C\CCCCCCCCCCC. The maximum absolute atomic E-state index is 12.9. The van der Waals surface area contributed by atoms with Crippen LogP contribution in [-0.4, -0.2) is 37.2 Å². The van der Waals surface area contributed by atoms with Crippen molar-refractivity contribution < 1.29 is 28.6 Å². The summed E-state index contributed by atoms with van der Waals surface area (Å²) < 4.78 is 16.9. The Balaban J connectivity index is 4.34. The lowest BCUT2D eigenvalue weighted by Crippen LogP contribution is -2.30. The van der Waals surface area contributed by atoms with E-state index < -0.39 is 6.10 Å². The number of hydrogen-bond acceptors (Lipinski definition) is 6. The first kappa shape index (κ1) is 65.4. The Morgan fingerprint density at radius 3 is 0.926 bits per heavy atom. The van der Waals surface area contributed by atoms with E-state index in [1.54, 1.807) is 0 Å². The van der Waals surface area contributed by atoms with Crippen LogP contribution in [0.25, 0.3) is 0 Å². The number of carbonyl (C=O) groups excluding carboxylic acids is 3. The van der Waals surface area contributed by atoms with Gasteiger partial charge >= 0.3 is 17.9 Å². The normalized spacial score (nSPS) is 12.3. The Bertz CT molecular complexity index is 1190. The first-order chi connectivity index (χ1) is 33.5. The van der Waals surface area contributed by atoms with E-state index in [4.69, 9.17) is 14.2 Å². The monoisotopic (exact) mass is 953 g/mol. The fraction of sp³-hybridized carbons (Fsp3) is 0.823. The molecule has 0 saturated heterocycles. The Morgan fingerprint density at radius 2 is 0.588 bits per heavy atom. The van der Waals surface area contributed by atoms with Gasteiger partial charge in [-0.1, -0.05) is 275 Å². The molecular formula is C62H112O6. The van der Waals surface area contributed by atoms with Gasteiger partial charge < -0.3 is 14.2 Å². The lowest BCUT2D eigenvalue weighted by atomic mass is 10.0. The zero-order chi connectivity index (χ0) is 49.3. The minimum absolute atomic E-state index is 0.0801. The maximum atomic E-state index is 12.9. The second-order valence-corrected chi connectivity index (χ2v) is 19.9. The molecule has 0 spiro atoms. The van der Waals surface area contributed by atoms with Gasteiger partial charge in [-0.15, -0.1) is 0 Å². The first-order valence-electron chi connectivity index (χ1n) is 29.7. The third kappa shape index (κ3) is 54.3. The first-order valence-corrected chi connectivity index (χ1v) is 29.7. The number of hydrogen-bond donors (Lipinski definition) is 0. The molecule has 0 aromatic heterocycles. The van der Waals surface area contributed by atoms with E-state index >= 15 is 0 Å². The lowest BCUT2D eigenvalue weighted by molar-refractivity contribution is -0.167. The highest BCUT2D eigenvalue weighted by molar-refractivity contribution is 5.71. The molecule has 0 radical (unpaired) electrons. The van der Waals surface area contributed by atoms with Crippen molar-refractivity contribution in [1.82, 2.24) is 0 Å². The van der Waals surface area contributed by atoms with Crippen molar-refractivity contribution in [2.45, 2.75) is 316 Å². The zero-order valence-electron chi connectivity index (χ0n) is 45.4. The molecule has 0 N–H and O–H groups in total. The third-order valence-electron chi connectivity index (χ3n) is 13.1. The molecule has 68 heavy (non-hydrogen) atoms. The summed E-state index contributed by atoms with van der Waals surface area (Å²) in [6, 6.07) is 0. The van der Waals surface area contributed by atoms with E-state index in [1.807, 2.05) is 0 Å². The predicted molar refractivity (Wildman–Crippen MR) is 293 cm³/mol. The number of rotatable bonds is 54. The number of esters is 3. The highest BCUT2D eigenvalue weighted by Gasteiger charge is 2.19. The Morgan fingerprint density at radius 1 is 0.309 bits per heavy atom. The average Bonchev–Trinajstić information content (AvgIpc) is 3.34. The summed E-state index contributed by atoms with van der Waals surface area (Å²) in [5.41, 5.74) is 0. The fourth-order valence-corrected chi connectivity index (χ4v) is 8.67. The summed E-state index contributed by atoms with van der Waals surface area (Å²) in [5, 5.41) is 0. The van der Waals surface area contributed by atoms with Crippen LogP contribution in [0.5, 0.6) is 0 Å². The molecule has 1 unspecified atom stereocenters. The van der Waals surface area contributed by atoms with Gasteiger partial charge in [0.1, 0.15) is 13.2 Å². The van der Waals surface area contributed by atoms with Crippen LogP contribution in [-0.2, 0) is 28.6 Å². The molecule has 1 atom stereocenters. The molecule has 0 heterocycles. The summed E-state index contributed by atoms with van der Waals surface area (Å²) in [7, 11) is 0. The van der Waals surface area contributed by atoms with E-state index in [0.717, 1.165) is 96.3 Å². The van der Waals surface area contributed by atoms with Crippen LogP contribution in [0, 0.1) is 0 Å². The second kappa shape index (κ2) is 57.0. The van der Waals surface area contributed by atoms with Crippen LogP contribution in [0.15, 0.2) is 48.6 Å². The second-order valence-electron chi connectivity index (χ2n) is 19.9. The van der Waals surface area contributed by atoms with E-state index in [0.29, 0.717) is 19.3 Å². The van der Waals surface area contributed by atoms with Crippen molar-refractivity contribution in [2.75, 3.05) is 13.2 Å². The third-order valence-corrected chi connectivity index (χ3v) is 13.1. The quantitative estimate of drug-likeness (QED) is 0.0199. The Labute approximate surface area is 422 Å². The summed E-state index contributed by atoms with van der Waals surface area (Å²) in [6.07, 6.45) is 69.7. The number of unbranched alkanes of at least 4 members (excludes halogenated alkanes) is 37. The van der Waals surface area contributed by atoms with Gasteiger partial charge in [-0.05, 0) is 64.2 Å². The van der Waals surface area contributed by atoms with Gasteiger partial charge in [-0.2, -0.15) is 0 Å². The summed E-state index contributed by atoms with van der Waals surface area (Å²) in [6.45, 7) is 6.53. The Kier molecular flexibility index (Phi) is 54.8. The molecule has 0 bridgehead atoms. The molecule has 396 valence electrons. The van der Waals surface area contributed by atoms with Gasteiger partial charge in [0.25, 0.3) is 0 Å². The van der Waals surface area contributed by atoms with Gasteiger partial charge in [0, 0.05) is 19.3 Å². The van der Waals surface area contributed by atoms with Crippen LogP contribution < -0.4 is 0 Å². The van der Waals surface area contributed by atoms with Crippen molar-refractivity contribution in [2.24, 2.45) is 0 Å². The van der Waals surface area contributed by atoms with E-state index in [1.165, 1.54) is 173 Å². The number of ether oxygens (including phenoxy) is 3. The molecular weight excluding hydrogens is 841 g/mol. The molecule has 0 aromatic rings. The topological polar surface area (TPSA) is 78.9 Å². The molecule has 6 heteroatoms. The minimum Gasteiger partial charge on any atom is -0.462 e. The molecule has 0 rings (SSSR count). The number of carbonyl (C=O) groups is 3. The highest BCUT2D eigenvalue weighted by atomic mass is 16.6. The molecule has 0 saturated carbocycles. The average molecular weight is 954 g/mol. The zero-order valence-corrected chi connectivity index (χ0v) is 45.4. The maximum Gasteiger partial charge on any atom is 0.306 e. The van der Waals surface area contributed by atoms with Crippen molar-refractivity contribution in [3.05, 3.63) is 48.6 Å². The van der Waals surface area contributed by atoms with Crippen LogP contribution in [0.1, 0.15) is 310 Å². The highest BCUT2D eigenvalue weighted by Crippen LogP contribution is 2.17. The van der Waals surface area contributed by atoms with Crippen molar-refractivity contribution in [3.8, 4) is 0 Å². The Hall–Kier alpha value is -2.63. The molecule has 0 aliphatic carbocycles. The molecule has 0 amide bonds. The van der Waals surface area contributed by atoms with Crippen LogP contribution >= 0.6 is 0 Å². The van der Waals surface area contributed by atoms with Crippen molar-refractivity contribution in [1.29, 1.82) is 0 Å². The van der Waals surface area contributed by atoms with E-state index in [-0.39, 0.29) is 31.1 Å². The molecule has 0 aliphatic rings. The van der Waals surface area contributed by atoms with Crippen LogP contribution in [0.4, 0.5) is 0 Å². The summed E-state index contributed by atoms with van der Waals surface area (Å²) in [4.78, 5) is 38.2. The molecule has 0 fully saturated rings. The van der Waals surface area contributed by atoms with Gasteiger partial charge in [0.15, 0.2) is 6.10 Å². The van der Waals surface area contributed by atoms with Gasteiger partial charge in [0.05, 0.1) is 0 Å². The van der Waals surface area contributed by atoms with Crippen molar-refractivity contribution in [3.63, 3.8) is 0 Å². The lowest BCUT2D eigenvalue weighted by Gasteiger charge is -2.18. The van der Waals surface area contributed by atoms with Crippen molar-refractivity contribution >= 4 is 17.9 Å². The van der Waals surface area contributed by atoms with Crippen LogP contribution in [0.3, 0.4) is 0 Å². The fourth-order valence-electron chi connectivity index (χ4n) is 8.67. The van der Waals surface area contributed by atoms with Gasteiger partial charge in [0.2, 0.25) is 0 Å². The summed E-state index contributed by atoms with van der Waals surface area (Å²) in [5.74, 6) is -0.894. The van der Waals surface area contributed by atoms with Gasteiger partial charge in [-0.25, -0.2) is 0 Å². The molecule has 0 aliphatic heterocycles. The summed E-state index contributed by atoms with van der Waals surface area (Å²) >= 11 is 0. The molecule has 6 nitrogen and oxygen atoms in total. The number of allylic oxidation sites excluding steroid dienone is 8. The standard InChI is InChI=1S/C62H112O6/c1-4-7-10-13-16-19-22-25-27-29-31-33-34-37-40-43-46-49-52-55-61(64)67-58-59(57-66-60(63)54-51-48-45-42-39-36-24-21-18-15-12-9-6-3)68-62(65)56-53-50-47-44-41-38-35-32-30-28-26-23-20-17-14-11-8-5-2/h9,12,15,18,21,24,32,35,59H,4-8,10-11,13-14,16-17,19-20,22-23,25-31,33-34,36-58H2,1-3H3/b12-9-,18-15-,24-21-,35-32-. The van der Waals surface area contributed by atoms with Gasteiger partial charge in [-0.3, -0.25) is 14.4 Å².